The van der Waals surface area contributed by atoms with E-state index in [1.807, 2.05) is 6.92 Å². The maximum Gasteiger partial charge on any atom is 0.256 e. The van der Waals surface area contributed by atoms with E-state index in [-0.39, 0.29) is 11.8 Å². The van der Waals surface area contributed by atoms with Gasteiger partial charge in [-0.1, -0.05) is 0 Å². The summed E-state index contributed by atoms with van der Waals surface area (Å²) in [7, 11) is 1.52. The fourth-order valence-electron chi connectivity index (χ4n) is 1.89. The zero-order valence-corrected chi connectivity index (χ0v) is 12.6. The van der Waals surface area contributed by atoms with Gasteiger partial charge in [0, 0.05) is 23.9 Å². The summed E-state index contributed by atoms with van der Waals surface area (Å²) in [6.07, 6.45) is 0. The normalized spacial score (nSPS) is 9.95. The van der Waals surface area contributed by atoms with E-state index in [0.717, 1.165) is 5.69 Å². The minimum Gasteiger partial charge on any atom is -0.493 e. The third kappa shape index (κ3) is 3.82. The summed E-state index contributed by atoms with van der Waals surface area (Å²) < 4.78 is 5.18. The van der Waals surface area contributed by atoms with Crippen LogP contribution in [0, 0.1) is 6.92 Å². The highest BCUT2D eigenvalue weighted by molar-refractivity contribution is 6.04. The van der Waals surface area contributed by atoms with Gasteiger partial charge < -0.3 is 15.4 Å². The molecular weight excluding hydrogens is 282 g/mol. The number of nitrogens with one attached hydrogen (secondary N) is 2. The quantitative estimate of drug-likeness (QED) is 0.909. The third-order valence-corrected chi connectivity index (χ3v) is 2.92. The summed E-state index contributed by atoms with van der Waals surface area (Å²) in [6, 6.07) is 10.1. The summed E-state index contributed by atoms with van der Waals surface area (Å²) in [5.41, 5.74) is 1.87. The molecule has 0 aliphatic rings. The lowest BCUT2D eigenvalue weighted by Crippen LogP contribution is -2.14. The number of hydrogen-bond donors (Lipinski definition) is 2. The molecule has 0 spiro atoms. The molecule has 0 bridgehead atoms. The Kier molecular flexibility index (Phi) is 4.73. The maximum atomic E-state index is 12.2. The van der Waals surface area contributed by atoms with E-state index in [9.17, 15) is 9.59 Å². The number of carbonyl (C=O) groups is 2. The van der Waals surface area contributed by atoms with Crippen LogP contribution in [-0.4, -0.2) is 23.9 Å². The van der Waals surface area contributed by atoms with Crippen LogP contribution in [0.2, 0.25) is 0 Å². The number of ether oxygens (including phenoxy) is 1. The van der Waals surface area contributed by atoms with Crippen LogP contribution in [0.15, 0.2) is 36.4 Å². The smallest absolute Gasteiger partial charge is 0.256 e. The second-order valence-corrected chi connectivity index (χ2v) is 4.72. The number of rotatable bonds is 4. The van der Waals surface area contributed by atoms with Gasteiger partial charge in [0.2, 0.25) is 5.91 Å². The summed E-state index contributed by atoms with van der Waals surface area (Å²) in [6.45, 7) is 3.26. The molecule has 0 unspecified atom stereocenters. The molecule has 0 aliphatic carbocycles. The van der Waals surface area contributed by atoms with Crippen LogP contribution in [0.5, 0.6) is 5.75 Å². The molecule has 0 fully saturated rings. The van der Waals surface area contributed by atoms with Gasteiger partial charge in [0.05, 0.1) is 7.11 Å². The van der Waals surface area contributed by atoms with Crippen molar-refractivity contribution >= 4 is 23.3 Å². The van der Waals surface area contributed by atoms with E-state index in [1.54, 1.807) is 36.4 Å². The number of hydrogen-bond acceptors (Lipinski definition) is 4. The minimum absolute atomic E-state index is 0.161. The van der Waals surface area contributed by atoms with Gasteiger partial charge in [-0.15, -0.1) is 0 Å². The van der Waals surface area contributed by atoms with Crippen LogP contribution in [0.4, 0.5) is 11.5 Å². The number of carbonyl (C=O) groups excluding carboxylic acids is 2. The first kappa shape index (κ1) is 15.5. The lowest BCUT2D eigenvalue weighted by molar-refractivity contribution is -0.114. The molecule has 0 aliphatic heterocycles. The Bertz CT molecular complexity index is 696. The molecule has 1 aromatic carbocycles. The molecule has 0 saturated heterocycles. The van der Waals surface area contributed by atoms with Crippen LogP contribution in [0.1, 0.15) is 23.0 Å². The zero-order chi connectivity index (χ0) is 16.1. The van der Waals surface area contributed by atoms with Gasteiger partial charge in [0.1, 0.15) is 0 Å². The molecule has 2 amide bonds. The first-order chi connectivity index (χ1) is 10.5. The number of amides is 2. The van der Waals surface area contributed by atoms with E-state index >= 15 is 0 Å². The van der Waals surface area contributed by atoms with E-state index in [2.05, 4.69) is 15.6 Å². The molecule has 1 aromatic heterocycles. The van der Waals surface area contributed by atoms with E-state index < -0.39 is 0 Å². The van der Waals surface area contributed by atoms with Gasteiger partial charge in [0.15, 0.2) is 11.6 Å². The zero-order valence-electron chi connectivity index (χ0n) is 12.6. The second-order valence-electron chi connectivity index (χ2n) is 4.72. The molecule has 22 heavy (non-hydrogen) atoms. The Morgan fingerprint density at radius 2 is 1.73 bits per heavy atom. The number of nitrogens with zero attached hydrogens (tertiary/aromatic N) is 1. The number of aromatic nitrogens is 1. The molecular formula is C16H17N3O3. The van der Waals surface area contributed by atoms with Crippen LogP contribution in [0.25, 0.3) is 0 Å². The Balaban J connectivity index is 2.15. The minimum atomic E-state index is -0.300. The predicted molar refractivity (Wildman–Crippen MR) is 84.2 cm³/mol. The van der Waals surface area contributed by atoms with Gasteiger partial charge >= 0.3 is 0 Å². The largest absolute Gasteiger partial charge is 0.493 e. The predicted octanol–water partition coefficient (Wildman–Crippen LogP) is 2.61. The number of benzene rings is 1. The topological polar surface area (TPSA) is 80.3 Å². The van der Waals surface area contributed by atoms with Gasteiger partial charge in [-0.3, -0.25) is 9.59 Å². The molecule has 2 rings (SSSR count). The van der Waals surface area contributed by atoms with Crippen molar-refractivity contribution in [3.8, 4) is 5.75 Å². The van der Waals surface area contributed by atoms with Gasteiger partial charge in [-0.05, 0) is 43.3 Å². The molecule has 2 N–H and O–H groups in total. The number of pyridine rings is 1. The van der Waals surface area contributed by atoms with Crippen LogP contribution >= 0.6 is 0 Å². The molecule has 6 nitrogen and oxygen atoms in total. The molecule has 0 atom stereocenters. The van der Waals surface area contributed by atoms with Crippen molar-refractivity contribution in [2.75, 3.05) is 17.7 Å². The fourth-order valence-corrected chi connectivity index (χ4v) is 1.89. The van der Waals surface area contributed by atoms with Crippen LogP contribution in [-0.2, 0) is 4.79 Å². The lowest BCUT2D eigenvalue weighted by Gasteiger charge is -2.10. The average molecular weight is 299 g/mol. The maximum absolute atomic E-state index is 12.2. The molecule has 114 valence electrons. The van der Waals surface area contributed by atoms with E-state index in [0.29, 0.717) is 22.8 Å². The molecule has 0 radical (unpaired) electrons. The van der Waals surface area contributed by atoms with Crippen molar-refractivity contribution in [3.63, 3.8) is 0 Å². The highest BCUT2D eigenvalue weighted by atomic mass is 16.5. The molecule has 6 heteroatoms. The van der Waals surface area contributed by atoms with Crippen molar-refractivity contribution in [1.82, 2.24) is 4.98 Å². The summed E-state index contributed by atoms with van der Waals surface area (Å²) in [5.74, 6) is 0.406. The van der Waals surface area contributed by atoms with E-state index in [1.165, 1.54) is 14.0 Å². The Morgan fingerprint density at radius 1 is 1.05 bits per heavy atom. The third-order valence-electron chi connectivity index (χ3n) is 2.92. The van der Waals surface area contributed by atoms with Crippen molar-refractivity contribution < 1.29 is 14.3 Å². The SMILES string of the molecule is COc1ccc(C)nc1NC(=O)c1ccc(NC(C)=O)cc1. The monoisotopic (exact) mass is 299 g/mol. The van der Waals surface area contributed by atoms with Gasteiger partial charge in [-0.2, -0.15) is 0 Å². The van der Waals surface area contributed by atoms with Crippen molar-refractivity contribution in [2.45, 2.75) is 13.8 Å². The van der Waals surface area contributed by atoms with Crippen molar-refractivity contribution in [1.29, 1.82) is 0 Å². The first-order valence-electron chi connectivity index (χ1n) is 6.70. The number of methoxy groups -OCH3 is 1. The standard InChI is InChI=1S/C16H17N3O3/c1-10-4-9-14(22-3)15(17-10)19-16(21)12-5-7-13(8-6-12)18-11(2)20/h4-9H,1-3H3,(H,18,20)(H,17,19,21). The van der Waals surface area contributed by atoms with Crippen LogP contribution < -0.4 is 15.4 Å². The highest BCUT2D eigenvalue weighted by Gasteiger charge is 2.11. The average Bonchev–Trinajstić information content (AvgIpc) is 2.47. The molecule has 2 aromatic rings. The second kappa shape index (κ2) is 6.71. The Labute approximate surface area is 128 Å². The van der Waals surface area contributed by atoms with Gasteiger partial charge in [-0.25, -0.2) is 4.98 Å². The summed E-state index contributed by atoms with van der Waals surface area (Å²) >= 11 is 0. The molecule has 1 heterocycles. The number of anilines is 2. The van der Waals surface area contributed by atoms with E-state index in [4.69, 9.17) is 4.74 Å². The summed E-state index contributed by atoms with van der Waals surface area (Å²) in [4.78, 5) is 27.4. The van der Waals surface area contributed by atoms with Crippen LogP contribution in [0.3, 0.4) is 0 Å². The molecule has 0 saturated carbocycles. The fraction of sp³-hybridized carbons (Fsp3) is 0.188. The summed E-state index contributed by atoms with van der Waals surface area (Å²) in [5, 5.41) is 5.36. The Morgan fingerprint density at radius 3 is 2.32 bits per heavy atom. The van der Waals surface area contributed by atoms with Gasteiger partial charge in [0.25, 0.3) is 5.91 Å². The lowest BCUT2D eigenvalue weighted by atomic mass is 10.2. The number of aryl methyl sites for hydroxylation is 1. The van der Waals surface area contributed by atoms with Crippen molar-refractivity contribution in [2.24, 2.45) is 0 Å². The first-order valence-corrected chi connectivity index (χ1v) is 6.70. The van der Waals surface area contributed by atoms with Crippen molar-refractivity contribution in [3.05, 3.63) is 47.7 Å². The Hall–Kier alpha value is -2.89. The highest BCUT2D eigenvalue weighted by Crippen LogP contribution is 2.22.